The molecule has 1 aliphatic carbocycles. The third-order valence-electron chi connectivity index (χ3n) is 3.38. The summed E-state index contributed by atoms with van der Waals surface area (Å²) in [6, 6.07) is 4.84. The molecule has 2 atom stereocenters. The van der Waals surface area contributed by atoms with E-state index in [1.165, 1.54) is 25.7 Å². The molecule has 1 heterocycles. The summed E-state index contributed by atoms with van der Waals surface area (Å²) in [5.74, 6) is 1.97. The van der Waals surface area contributed by atoms with Gasteiger partial charge in [0.15, 0.2) is 5.76 Å². The summed E-state index contributed by atoms with van der Waals surface area (Å²) in [5.41, 5.74) is 0. The van der Waals surface area contributed by atoms with Crippen LogP contribution in [0.3, 0.4) is 0 Å². The van der Waals surface area contributed by atoms with Crippen LogP contribution in [-0.2, 0) is 6.54 Å². The molecule has 2 nitrogen and oxygen atoms in total. The van der Waals surface area contributed by atoms with Crippen molar-refractivity contribution >= 4 is 0 Å². The van der Waals surface area contributed by atoms with Gasteiger partial charge in [-0.1, -0.05) is 13.3 Å². The van der Waals surface area contributed by atoms with E-state index in [0.717, 1.165) is 24.3 Å². The van der Waals surface area contributed by atoms with Crippen molar-refractivity contribution in [3.05, 3.63) is 24.2 Å². The van der Waals surface area contributed by atoms with Gasteiger partial charge in [0.1, 0.15) is 6.54 Å². The van der Waals surface area contributed by atoms with Crippen LogP contribution in [0.15, 0.2) is 22.8 Å². The smallest absolute Gasteiger partial charge is 0.157 e. The Morgan fingerprint density at radius 1 is 1.43 bits per heavy atom. The van der Waals surface area contributed by atoms with Gasteiger partial charge in [-0.3, -0.25) is 0 Å². The molecule has 2 N–H and O–H groups in total. The molecule has 78 valence electrons. The van der Waals surface area contributed by atoms with E-state index in [1.54, 1.807) is 6.26 Å². The van der Waals surface area contributed by atoms with E-state index < -0.39 is 0 Å². The van der Waals surface area contributed by atoms with Gasteiger partial charge in [0.05, 0.1) is 12.3 Å². The highest BCUT2D eigenvalue weighted by Crippen LogP contribution is 2.21. The average Bonchev–Trinajstić information content (AvgIpc) is 2.69. The summed E-state index contributed by atoms with van der Waals surface area (Å²) in [6.07, 6.45) is 7.37. The van der Waals surface area contributed by atoms with E-state index in [1.807, 2.05) is 6.07 Å². The Bertz CT molecular complexity index is 255. The Balaban J connectivity index is 1.79. The minimum atomic E-state index is 0.814. The first kappa shape index (κ1) is 9.78. The summed E-state index contributed by atoms with van der Waals surface area (Å²) in [6.45, 7) is 3.38. The molecular formula is C12H20NO+. The van der Waals surface area contributed by atoms with Crippen molar-refractivity contribution in [2.75, 3.05) is 0 Å². The van der Waals surface area contributed by atoms with Crippen molar-refractivity contribution in [1.82, 2.24) is 0 Å². The van der Waals surface area contributed by atoms with Gasteiger partial charge >= 0.3 is 0 Å². The van der Waals surface area contributed by atoms with E-state index in [9.17, 15) is 0 Å². The van der Waals surface area contributed by atoms with Crippen LogP contribution >= 0.6 is 0 Å². The van der Waals surface area contributed by atoms with Crippen LogP contribution in [0.1, 0.15) is 38.4 Å². The lowest BCUT2D eigenvalue weighted by Crippen LogP contribution is -2.90. The maximum absolute atomic E-state index is 5.33. The Labute approximate surface area is 85.7 Å². The van der Waals surface area contributed by atoms with Crippen molar-refractivity contribution in [1.29, 1.82) is 0 Å². The molecule has 0 bridgehead atoms. The fourth-order valence-electron chi connectivity index (χ4n) is 2.39. The lowest BCUT2D eigenvalue weighted by Gasteiger charge is -2.26. The molecule has 0 amide bonds. The van der Waals surface area contributed by atoms with Gasteiger partial charge in [-0.15, -0.1) is 0 Å². The highest BCUT2D eigenvalue weighted by molar-refractivity contribution is 4.95. The molecule has 0 saturated heterocycles. The molecular weight excluding hydrogens is 174 g/mol. The van der Waals surface area contributed by atoms with Crippen molar-refractivity contribution in [3.8, 4) is 0 Å². The van der Waals surface area contributed by atoms with Gasteiger partial charge in [0.25, 0.3) is 0 Å². The second-order valence-corrected chi connectivity index (χ2v) is 4.44. The van der Waals surface area contributed by atoms with Crippen molar-refractivity contribution in [2.24, 2.45) is 5.92 Å². The Morgan fingerprint density at radius 2 is 2.29 bits per heavy atom. The summed E-state index contributed by atoms with van der Waals surface area (Å²) >= 11 is 0. The molecule has 1 aromatic rings. The Morgan fingerprint density at radius 3 is 3.00 bits per heavy atom. The number of rotatable bonds is 3. The van der Waals surface area contributed by atoms with Gasteiger partial charge in [0, 0.05) is 5.92 Å². The van der Waals surface area contributed by atoms with Crippen LogP contribution < -0.4 is 5.32 Å². The average molecular weight is 194 g/mol. The SMILES string of the molecule is C[C@@H]1CCCC[C@H]1[NH2+]Cc1ccco1. The normalized spacial score (nSPS) is 27.8. The maximum atomic E-state index is 5.33. The highest BCUT2D eigenvalue weighted by Gasteiger charge is 2.23. The fourth-order valence-corrected chi connectivity index (χ4v) is 2.39. The molecule has 14 heavy (non-hydrogen) atoms. The molecule has 0 unspecified atom stereocenters. The molecule has 0 aliphatic heterocycles. The van der Waals surface area contributed by atoms with Crippen LogP contribution in [0, 0.1) is 5.92 Å². The Kier molecular flexibility index (Phi) is 3.25. The van der Waals surface area contributed by atoms with Crippen LogP contribution in [0.4, 0.5) is 0 Å². The van der Waals surface area contributed by atoms with Crippen LogP contribution in [-0.4, -0.2) is 6.04 Å². The van der Waals surface area contributed by atoms with Crippen molar-refractivity contribution in [2.45, 2.75) is 45.2 Å². The molecule has 0 radical (unpaired) electrons. The standard InChI is InChI=1S/C12H19NO/c1-10-5-2-3-7-12(10)13-9-11-6-4-8-14-11/h4,6,8,10,12-13H,2-3,5,7,9H2,1H3/p+1/t10-,12-/m1/s1. The summed E-state index contributed by atoms with van der Waals surface area (Å²) in [7, 11) is 0. The van der Waals surface area contributed by atoms with Crippen molar-refractivity contribution < 1.29 is 9.73 Å². The zero-order valence-electron chi connectivity index (χ0n) is 8.91. The van der Waals surface area contributed by atoms with Gasteiger partial charge in [0.2, 0.25) is 0 Å². The van der Waals surface area contributed by atoms with Gasteiger partial charge in [-0.2, -0.15) is 0 Å². The second-order valence-electron chi connectivity index (χ2n) is 4.44. The quantitative estimate of drug-likeness (QED) is 0.782. The molecule has 2 rings (SSSR count). The topological polar surface area (TPSA) is 29.8 Å². The molecule has 0 aromatic carbocycles. The predicted octanol–water partition coefficient (Wildman–Crippen LogP) is 1.92. The first-order valence-electron chi connectivity index (χ1n) is 5.72. The first-order valence-corrected chi connectivity index (χ1v) is 5.72. The summed E-state index contributed by atoms with van der Waals surface area (Å²) in [5, 5.41) is 2.45. The largest absolute Gasteiger partial charge is 0.463 e. The number of hydrogen-bond donors (Lipinski definition) is 1. The van der Waals surface area contributed by atoms with Gasteiger partial charge in [-0.25, -0.2) is 0 Å². The minimum Gasteiger partial charge on any atom is -0.463 e. The third kappa shape index (κ3) is 2.38. The summed E-state index contributed by atoms with van der Waals surface area (Å²) < 4.78 is 5.33. The van der Waals surface area contributed by atoms with Gasteiger partial charge in [-0.05, 0) is 31.4 Å². The minimum absolute atomic E-state index is 0.814. The molecule has 1 saturated carbocycles. The summed E-state index contributed by atoms with van der Waals surface area (Å²) in [4.78, 5) is 0. The lowest BCUT2D eigenvalue weighted by atomic mass is 9.86. The van der Waals surface area contributed by atoms with Crippen LogP contribution in [0.2, 0.25) is 0 Å². The molecule has 1 aromatic heterocycles. The van der Waals surface area contributed by atoms with E-state index in [2.05, 4.69) is 18.3 Å². The number of hydrogen-bond acceptors (Lipinski definition) is 1. The number of quaternary nitrogens is 1. The van der Waals surface area contributed by atoms with E-state index in [4.69, 9.17) is 4.42 Å². The zero-order valence-corrected chi connectivity index (χ0v) is 8.91. The van der Waals surface area contributed by atoms with E-state index in [-0.39, 0.29) is 0 Å². The van der Waals surface area contributed by atoms with E-state index >= 15 is 0 Å². The molecule has 0 spiro atoms. The molecule has 1 fully saturated rings. The van der Waals surface area contributed by atoms with Crippen LogP contribution in [0.5, 0.6) is 0 Å². The molecule has 1 aliphatic rings. The van der Waals surface area contributed by atoms with Crippen LogP contribution in [0.25, 0.3) is 0 Å². The highest BCUT2D eigenvalue weighted by atomic mass is 16.3. The van der Waals surface area contributed by atoms with Gasteiger partial charge < -0.3 is 9.73 Å². The number of furan rings is 1. The monoisotopic (exact) mass is 194 g/mol. The second kappa shape index (κ2) is 4.65. The zero-order chi connectivity index (χ0) is 9.80. The maximum Gasteiger partial charge on any atom is 0.157 e. The van der Waals surface area contributed by atoms with Crippen molar-refractivity contribution in [3.63, 3.8) is 0 Å². The number of nitrogens with two attached hydrogens (primary N) is 1. The predicted molar refractivity (Wildman–Crippen MR) is 55.8 cm³/mol. The first-order chi connectivity index (χ1) is 6.86. The fraction of sp³-hybridized carbons (Fsp3) is 0.667. The lowest BCUT2D eigenvalue weighted by molar-refractivity contribution is -0.714. The molecule has 2 heteroatoms. The Hall–Kier alpha value is -0.760. The van der Waals surface area contributed by atoms with E-state index in [0.29, 0.717) is 0 Å². The third-order valence-corrected chi connectivity index (χ3v) is 3.38.